The second-order valence-electron chi connectivity index (χ2n) is 6.75. The minimum absolute atomic E-state index is 0.141. The Hall–Kier alpha value is -2.51. The van der Waals surface area contributed by atoms with Gasteiger partial charge < -0.3 is 14.8 Å². The van der Waals surface area contributed by atoms with E-state index in [1.54, 1.807) is 20.8 Å². The number of rotatable bonds is 4. The van der Waals surface area contributed by atoms with E-state index in [4.69, 9.17) is 32.7 Å². The molecule has 0 aliphatic carbocycles. The predicted molar refractivity (Wildman–Crippen MR) is 107 cm³/mol. The van der Waals surface area contributed by atoms with Crippen molar-refractivity contribution in [2.75, 3.05) is 17.7 Å². The molecule has 0 fully saturated rings. The number of nitrogens with one attached hydrogen (secondary N) is 2. The van der Waals surface area contributed by atoms with Crippen molar-refractivity contribution < 1.29 is 23.5 Å². The molecule has 28 heavy (non-hydrogen) atoms. The van der Waals surface area contributed by atoms with E-state index in [1.165, 1.54) is 31.4 Å². The minimum Gasteiger partial charge on any atom is -0.494 e. The van der Waals surface area contributed by atoms with Crippen LogP contribution in [0.2, 0.25) is 10.0 Å². The first-order valence-corrected chi connectivity index (χ1v) is 8.89. The molecule has 0 aromatic heterocycles. The number of carbonyl (C=O) groups excluding carboxylic acids is 2. The third kappa shape index (κ3) is 5.74. The highest BCUT2D eigenvalue weighted by Crippen LogP contribution is 2.34. The van der Waals surface area contributed by atoms with E-state index in [1.807, 2.05) is 0 Å². The van der Waals surface area contributed by atoms with Gasteiger partial charge in [0.1, 0.15) is 11.4 Å². The van der Waals surface area contributed by atoms with E-state index >= 15 is 0 Å². The molecule has 0 radical (unpaired) electrons. The summed E-state index contributed by atoms with van der Waals surface area (Å²) in [5.41, 5.74) is -0.445. The summed E-state index contributed by atoms with van der Waals surface area (Å²) in [6.07, 6.45) is -0.816. The number of methoxy groups -OCH3 is 1. The van der Waals surface area contributed by atoms with Crippen LogP contribution in [0, 0.1) is 5.82 Å². The topological polar surface area (TPSA) is 76.7 Å². The summed E-state index contributed by atoms with van der Waals surface area (Å²) in [5, 5.41) is 5.24. The van der Waals surface area contributed by atoms with Crippen LogP contribution in [0.3, 0.4) is 0 Å². The molecular weight excluding hydrogens is 410 g/mol. The molecule has 2 rings (SSSR count). The number of ether oxygens (including phenoxy) is 2. The molecule has 0 aliphatic heterocycles. The Morgan fingerprint density at radius 1 is 1.04 bits per heavy atom. The maximum Gasteiger partial charge on any atom is 0.412 e. The lowest BCUT2D eigenvalue weighted by molar-refractivity contribution is 0.0635. The van der Waals surface area contributed by atoms with Gasteiger partial charge in [-0.1, -0.05) is 23.2 Å². The van der Waals surface area contributed by atoms with Crippen molar-refractivity contribution in [3.8, 4) is 5.75 Å². The van der Waals surface area contributed by atoms with Crippen LogP contribution < -0.4 is 15.4 Å². The Bertz CT molecular complexity index is 890. The normalized spacial score (nSPS) is 11.0. The lowest BCUT2D eigenvalue weighted by atomic mass is 10.2. The average molecular weight is 429 g/mol. The summed E-state index contributed by atoms with van der Waals surface area (Å²) in [6, 6.07) is 6.51. The standard InChI is InChI=1S/C19H19Cl2FN2O4/c1-19(2,3)28-18(26)24-15-9-11(5-6-14(15)22)23-17(25)10-7-12(20)16(27-4)13(21)8-10/h5-9H,1-4H3,(H,23,25)(H,24,26). The van der Waals surface area contributed by atoms with Gasteiger partial charge in [0, 0.05) is 11.3 Å². The van der Waals surface area contributed by atoms with Gasteiger partial charge >= 0.3 is 6.09 Å². The number of hydrogen-bond acceptors (Lipinski definition) is 4. The highest BCUT2D eigenvalue weighted by Gasteiger charge is 2.18. The highest BCUT2D eigenvalue weighted by atomic mass is 35.5. The predicted octanol–water partition coefficient (Wildman–Crippen LogP) is 5.74. The first-order valence-electron chi connectivity index (χ1n) is 8.14. The molecule has 0 spiro atoms. The molecule has 0 aliphatic rings. The van der Waals surface area contributed by atoms with Gasteiger partial charge in [-0.25, -0.2) is 9.18 Å². The maximum atomic E-state index is 14.0. The Balaban J connectivity index is 2.19. The fourth-order valence-electron chi connectivity index (χ4n) is 2.20. The van der Waals surface area contributed by atoms with Gasteiger partial charge in [0.05, 0.1) is 22.8 Å². The fourth-order valence-corrected chi connectivity index (χ4v) is 2.84. The summed E-state index contributed by atoms with van der Waals surface area (Å²) in [6.45, 7) is 5.06. The first kappa shape index (κ1) is 21.8. The highest BCUT2D eigenvalue weighted by molar-refractivity contribution is 6.37. The van der Waals surface area contributed by atoms with Crippen molar-refractivity contribution in [1.82, 2.24) is 0 Å². The van der Waals surface area contributed by atoms with Crippen molar-refractivity contribution in [3.05, 3.63) is 51.8 Å². The molecule has 0 saturated carbocycles. The Morgan fingerprint density at radius 3 is 2.18 bits per heavy atom. The van der Waals surface area contributed by atoms with Crippen LogP contribution >= 0.6 is 23.2 Å². The van der Waals surface area contributed by atoms with Crippen LogP contribution in [-0.4, -0.2) is 24.7 Å². The van der Waals surface area contributed by atoms with Crippen molar-refractivity contribution >= 4 is 46.6 Å². The number of anilines is 2. The van der Waals surface area contributed by atoms with E-state index in [0.29, 0.717) is 0 Å². The molecule has 2 aromatic carbocycles. The average Bonchev–Trinajstić information content (AvgIpc) is 2.55. The fraction of sp³-hybridized carbons (Fsp3) is 0.263. The van der Waals surface area contributed by atoms with Gasteiger partial charge in [-0.2, -0.15) is 0 Å². The van der Waals surface area contributed by atoms with Crippen molar-refractivity contribution in [1.29, 1.82) is 0 Å². The molecular formula is C19H19Cl2FN2O4. The van der Waals surface area contributed by atoms with Gasteiger partial charge in [-0.15, -0.1) is 0 Å². The Labute approximate surface area is 171 Å². The third-order valence-electron chi connectivity index (χ3n) is 3.32. The van der Waals surface area contributed by atoms with Crippen LogP contribution in [0.4, 0.5) is 20.6 Å². The minimum atomic E-state index is -0.816. The summed E-state index contributed by atoms with van der Waals surface area (Å²) in [4.78, 5) is 24.3. The SMILES string of the molecule is COc1c(Cl)cc(C(=O)Nc2ccc(F)c(NC(=O)OC(C)(C)C)c2)cc1Cl. The molecule has 2 aromatic rings. The van der Waals surface area contributed by atoms with Gasteiger partial charge in [0.2, 0.25) is 0 Å². The number of benzene rings is 2. The molecule has 0 atom stereocenters. The molecule has 0 bridgehead atoms. The molecule has 2 amide bonds. The lowest BCUT2D eigenvalue weighted by Gasteiger charge is -2.20. The molecule has 9 heteroatoms. The van der Waals surface area contributed by atoms with E-state index in [2.05, 4.69) is 10.6 Å². The molecule has 6 nitrogen and oxygen atoms in total. The molecule has 0 heterocycles. The zero-order chi connectivity index (χ0) is 21.1. The van der Waals surface area contributed by atoms with Gasteiger partial charge in [-0.05, 0) is 51.1 Å². The molecule has 0 unspecified atom stereocenters. The van der Waals surface area contributed by atoms with Gasteiger partial charge in [0.25, 0.3) is 5.91 Å². The summed E-state index contributed by atoms with van der Waals surface area (Å²) >= 11 is 12.1. The zero-order valence-corrected chi connectivity index (χ0v) is 17.2. The number of hydrogen-bond donors (Lipinski definition) is 2. The second-order valence-corrected chi connectivity index (χ2v) is 7.56. The second kappa shape index (κ2) is 8.67. The Morgan fingerprint density at radius 2 is 1.64 bits per heavy atom. The monoisotopic (exact) mass is 428 g/mol. The summed E-state index contributed by atoms with van der Waals surface area (Å²) < 4.78 is 24.1. The van der Waals surface area contributed by atoms with Gasteiger partial charge in [-0.3, -0.25) is 10.1 Å². The largest absolute Gasteiger partial charge is 0.494 e. The van der Waals surface area contributed by atoms with Crippen LogP contribution in [0.1, 0.15) is 31.1 Å². The first-order chi connectivity index (χ1) is 13.0. The number of halogens is 3. The molecule has 0 saturated heterocycles. The zero-order valence-electron chi connectivity index (χ0n) is 15.7. The Kier molecular flexibility index (Phi) is 6.74. The van der Waals surface area contributed by atoms with E-state index in [-0.39, 0.29) is 32.7 Å². The molecule has 150 valence electrons. The van der Waals surface area contributed by atoms with Crippen molar-refractivity contribution in [2.24, 2.45) is 0 Å². The van der Waals surface area contributed by atoms with Crippen LogP contribution in [0.15, 0.2) is 30.3 Å². The third-order valence-corrected chi connectivity index (χ3v) is 3.89. The molecule has 2 N–H and O–H groups in total. The van der Waals surface area contributed by atoms with E-state index < -0.39 is 23.4 Å². The maximum absolute atomic E-state index is 14.0. The quantitative estimate of drug-likeness (QED) is 0.650. The smallest absolute Gasteiger partial charge is 0.412 e. The summed E-state index contributed by atoms with van der Waals surface area (Å²) in [5.74, 6) is -0.953. The van der Waals surface area contributed by atoms with E-state index in [9.17, 15) is 14.0 Å². The van der Waals surface area contributed by atoms with Crippen LogP contribution in [-0.2, 0) is 4.74 Å². The number of carbonyl (C=O) groups is 2. The van der Waals surface area contributed by atoms with Crippen molar-refractivity contribution in [3.63, 3.8) is 0 Å². The van der Waals surface area contributed by atoms with E-state index in [0.717, 1.165) is 6.07 Å². The number of amides is 2. The van der Waals surface area contributed by atoms with Crippen LogP contribution in [0.5, 0.6) is 5.75 Å². The van der Waals surface area contributed by atoms with Crippen LogP contribution in [0.25, 0.3) is 0 Å². The van der Waals surface area contributed by atoms with Crippen molar-refractivity contribution in [2.45, 2.75) is 26.4 Å². The van der Waals surface area contributed by atoms with Gasteiger partial charge in [0.15, 0.2) is 5.75 Å². The lowest BCUT2D eigenvalue weighted by Crippen LogP contribution is -2.27. The summed E-state index contributed by atoms with van der Waals surface area (Å²) in [7, 11) is 1.41.